The quantitative estimate of drug-likeness (QED) is 0.298. The largest absolute Gasteiger partial charge is 0.409 e. The molecule has 18 heavy (non-hydrogen) atoms. The first-order valence-electron chi connectivity index (χ1n) is 5.55. The van der Waals surface area contributed by atoms with Gasteiger partial charge in [0.05, 0.1) is 0 Å². The Hall–Kier alpha value is -2.08. The van der Waals surface area contributed by atoms with E-state index in [0.717, 1.165) is 6.54 Å². The number of amides is 1. The zero-order valence-corrected chi connectivity index (χ0v) is 10.6. The van der Waals surface area contributed by atoms with E-state index in [1.54, 1.807) is 24.3 Å². The highest BCUT2D eigenvalue weighted by atomic mass is 16.4. The lowest BCUT2D eigenvalue weighted by Gasteiger charge is -2.10. The molecule has 0 aliphatic rings. The fourth-order valence-corrected chi connectivity index (χ4v) is 1.37. The van der Waals surface area contributed by atoms with Gasteiger partial charge in [-0.15, -0.1) is 0 Å². The molecule has 0 radical (unpaired) electrons. The van der Waals surface area contributed by atoms with Crippen molar-refractivity contribution in [3.63, 3.8) is 0 Å². The molecule has 6 heteroatoms. The molecule has 1 rings (SSSR count). The second-order valence-electron chi connectivity index (χ2n) is 4.13. The van der Waals surface area contributed by atoms with E-state index in [1.807, 2.05) is 19.0 Å². The van der Waals surface area contributed by atoms with Crippen LogP contribution >= 0.6 is 0 Å². The number of nitrogens with one attached hydrogen (secondary N) is 1. The summed E-state index contributed by atoms with van der Waals surface area (Å²) in [6.07, 6.45) is 0. The van der Waals surface area contributed by atoms with E-state index >= 15 is 0 Å². The zero-order valence-electron chi connectivity index (χ0n) is 10.6. The van der Waals surface area contributed by atoms with Crippen LogP contribution in [0.25, 0.3) is 0 Å². The molecule has 0 heterocycles. The Morgan fingerprint density at radius 2 is 2.11 bits per heavy atom. The fraction of sp³-hybridized carbons (Fsp3) is 0.333. The van der Waals surface area contributed by atoms with Gasteiger partial charge in [-0.2, -0.15) is 0 Å². The van der Waals surface area contributed by atoms with E-state index in [4.69, 9.17) is 10.9 Å². The van der Waals surface area contributed by atoms with Gasteiger partial charge in [0.15, 0.2) is 5.84 Å². The number of benzene rings is 1. The summed E-state index contributed by atoms with van der Waals surface area (Å²) < 4.78 is 0. The minimum absolute atomic E-state index is 0.0158. The Balaban J connectivity index is 2.69. The molecule has 0 fully saturated rings. The number of hydrogen-bond acceptors (Lipinski definition) is 4. The average molecular weight is 250 g/mol. The monoisotopic (exact) mass is 250 g/mol. The Morgan fingerprint density at radius 1 is 1.44 bits per heavy atom. The van der Waals surface area contributed by atoms with Crippen LogP contribution in [0.5, 0.6) is 0 Å². The van der Waals surface area contributed by atoms with Crippen molar-refractivity contribution in [2.75, 3.05) is 27.2 Å². The highest BCUT2D eigenvalue weighted by Gasteiger charge is 2.07. The first-order valence-corrected chi connectivity index (χ1v) is 5.55. The molecule has 0 aliphatic heterocycles. The van der Waals surface area contributed by atoms with Gasteiger partial charge in [0.25, 0.3) is 5.91 Å². The summed E-state index contributed by atoms with van der Waals surface area (Å²) in [4.78, 5) is 13.8. The normalized spacial score (nSPS) is 11.6. The molecule has 1 aromatic carbocycles. The molecule has 1 aromatic rings. The molecular formula is C12H18N4O2. The average Bonchev–Trinajstić information content (AvgIpc) is 2.37. The Morgan fingerprint density at radius 3 is 2.72 bits per heavy atom. The molecule has 4 N–H and O–H groups in total. The highest BCUT2D eigenvalue weighted by molar-refractivity contribution is 6.01. The van der Waals surface area contributed by atoms with Crippen LogP contribution in [-0.2, 0) is 0 Å². The number of likely N-dealkylation sites (N-methyl/N-ethyl adjacent to an activating group) is 1. The zero-order chi connectivity index (χ0) is 13.5. The molecular weight excluding hydrogens is 232 g/mol. The topological polar surface area (TPSA) is 91.0 Å². The lowest BCUT2D eigenvalue weighted by atomic mass is 10.1. The third-order valence-corrected chi connectivity index (χ3v) is 2.37. The maximum absolute atomic E-state index is 11.8. The fourth-order valence-electron chi connectivity index (χ4n) is 1.37. The van der Waals surface area contributed by atoms with Gasteiger partial charge in [-0.3, -0.25) is 4.79 Å². The lowest BCUT2D eigenvalue weighted by molar-refractivity contribution is 0.0951. The van der Waals surface area contributed by atoms with E-state index in [-0.39, 0.29) is 11.7 Å². The molecule has 1 amide bonds. The van der Waals surface area contributed by atoms with Gasteiger partial charge in [0.2, 0.25) is 0 Å². The molecule has 0 aliphatic carbocycles. The van der Waals surface area contributed by atoms with Gasteiger partial charge >= 0.3 is 0 Å². The summed E-state index contributed by atoms with van der Waals surface area (Å²) in [5.41, 5.74) is 6.46. The second kappa shape index (κ2) is 6.61. The van der Waals surface area contributed by atoms with Gasteiger partial charge in [-0.05, 0) is 26.2 Å². The molecule has 0 saturated heterocycles. The van der Waals surface area contributed by atoms with Gasteiger partial charge in [-0.1, -0.05) is 17.3 Å². The third kappa shape index (κ3) is 4.06. The van der Waals surface area contributed by atoms with Crippen molar-refractivity contribution < 1.29 is 10.0 Å². The number of amidine groups is 1. The lowest BCUT2D eigenvalue weighted by Crippen LogP contribution is -2.31. The van der Waals surface area contributed by atoms with Crippen molar-refractivity contribution in [2.24, 2.45) is 10.9 Å². The third-order valence-electron chi connectivity index (χ3n) is 2.37. The Labute approximate surface area is 106 Å². The molecule has 0 aromatic heterocycles. The number of hydrogen-bond donors (Lipinski definition) is 3. The summed E-state index contributed by atoms with van der Waals surface area (Å²) in [5, 5.41) is 14.3. The molecule has 6 nitrogen and oxygen atoms in total. The predicted molar refractivity (Wildman–Crippen MR) is 69.8 cm³/mol. The Kier molecular flexibility index (Phi) is 5.13. The molecule has 0 saturated carbocycles. The van der Waals surface area contributed by atoms with Gasteiger partial charge in [-0.25, -0.2) is 0 Å². The van der Waals surface area contributed by atoms with Crippen molar-refractivity contribution in [2.45, 2.75) is 0 Å². The minimum atomic E-state index is -0.176. The molecule has 0 spiro atoms. The van der Waals surface area contributed by atoms with Crippen LogP contribution in [-0.4, -0.2) is 49.0 Å². The van der Waals surface area contributed by atoms with Gasteiger partial charge in [0.1, 0.15) is 0 Å². The summed E-state index contributed by atoms with van der Waals surface area (Å²) in [7, 11) is 3.87. The van der Waals surface area contributed by atoms with Crippen LogP contribution in [0.4, 0.5) is 0 Å². The Bertz CT molecular complexity index is 443. The van der Waals surface area contributed by atoms with Crippen molar-refractivity contribution in [1.82, 2.24) is 10.2 Å². The summed E-state index contributed by atoms with van der Waals surface area (Å²) >= 11 is 0. The van der Waals surface area contributed by atoms with Crippen LogP contribution in [0.2, 0.25) is 0 Å². The van der Waals surface area contributed by atoms with Crippen LogP contribution in [0.1, 0.15) is 15.9 Å². The van der Waals surface area contributed by atoms with Crippen LogP contribution < -0.4 is 11.1 Å². The standard InChI is InChI=1S/C12H18N4O2/c1-16(2)7-6-14-12(17)10-5-3-4-9(8-10)11(13)15-18/h3-5,8,18H,6-7H2,1-2H3,(H2,13,15)(H,14,17). The number of carbonyl (C=O) groups excluding carboxylic acids is 1. The van der Waals surface area contributed by atoms with Crippen LogP contribution in [0.15, 0.2) is 29.4 Å². The van der Waals surface area contributed by atoms with Gasteiger partial charge in [0, 0.05) is 24.2 Å². The van der Waals surface area contributed by atoms with Crippen molar-refractivity contribution in [1.29, 1.82) is 0 Å². The molecule has 0 atom stereocenters. The highest BCUT2D eigenvalue weighted by Crippen LogP contribution is 2.05. The predicted octanol–water partition coefficient (Wildman–Crippen LogP) is 0.0725. The van der Waals surface area contributed by atoms with Crippen molar-refractivity contribution >= 4 is 11.7 Å². The smallest absolute Gasteiger partial charge is 0.251 e. The number of carbonyl (C=O) groups is 1. The van der Waals surface area contributed by atoms with Gasteiger partial charge < -0.3 is 21.2 Å². The van der Waals surface area contributed by atoms with E-state index in [9.17, 15) is 4.79 Å². The SMILES string of the molecule is CN(C)CCNC(=O)c1cccc(/C(N)=N/O)c1. The first kappa shape index (κ1) is 14.0. The van der Waals surface area contributed by atoms with E-state index in [1.165, 1.54) is 0 Å². The molecule has 0 unspecified atom stereocenters. The van der Waals surface area contributed by atoms with Crippen LogP contribution in [0, 0.1) is 0 Å². The first-order chi connectivity index (χ1) is 8.54. The summed E-state index contributed by atoms with van der Waals surface area (Å²) in [6, 6.07) is 6.62. The van der Waals surface area contributed by atoms with E-state index in [2.05, 4.69) is 10.5 Å². The van der Waals surface area contributed by atoms with Crippen LogP contribution in [0.3, 0.4) is 0 Å². The minimum Gasteiger partial charge on any atom is -0.409 e. The summed E-state index contributed by atoms with van der Waals surface area (Å²) in [6.45, 7) is 1.34. The van der Waals surface area contributed by atoms with E-state index < -0.39 is 0 Å². The number of rotatable bonds is 5. The second-order valence-corrected chi connectivity index (χ2v) is 4.13. The molecule has 0 bridgehead atoms. The van der Waals surface area contributed by atoms with E-state index in [0.29, 0.717) is 17.7 Å². The number of nitrogens with zero attached hydrogens (tertiary/aromatic N) is 2. The summed E-state index contributed by atoms with van der Waals surface area (Å²) in [5.74, 6) is -0.192. The maximum atomic E-state index is 11.8. The number of nitrogens with two attached hydrogens (primary N) is 1. The van der Waals surface area contributed by atoms with Crippen molar-refractivity contribution in [3.8, 4) is 0 Å². The van der Waals surface area contributed by atoms with Crippen molar-refractivity contribution in [3.05, 3.63) is 35.4 Å². The maximum Gasteiger partial charge on any atom is 0.251 e. The number of oxime groups is 1. The molecule has 98 valence electrons.